The molecule has 2 aromatic rings. The predicted octanol–water partition coefficient (Wildman–Crippen LogP) is 3.77. The van der Waals surface area contributed by atoms with E-state index in [0.29, 0.717) is 17.0 Å². The van der Waals surface area contributed by atoms with Crippen molar-refractivity contribution in [3.63, 3.8) is 0 Å². The molecule has 0 aliphatic rings. The molecule has 0 saturated carbocycles. The fourth-order valence-corrected chi connectivity index (χ4v) is 2.99. The second-order valence-corrected chi connectivity index (χ2v) is 6.73. The summed E-state index contributed by atoms with van der Waals surface area (Å²) in [5.41, 5.74) is 2.81. The van der Waals surface area contributed by atoms with Gasteiger partial charge in [-0.25, -0.2) is 0 Å². The van der Waals surface area contributed by atoms with Gasteiger partial charge >= 0.3 is 0 Å². The Labute approximate surface area is 122 Å². The lowest BCUT2D eigenvalue weighted by Crippen LogP contribution is -1.95. The van der Waals surface area contributed by atoms with Crippen molar-refractivity contribution in [1.82, 2.24) is 0 Å². The Bertz CT molecular complexity index is 758. The number of sulfonamides is 1. The molecule has 20 heavy (non-hydrogen) atoms. The third kappa shape index (κ3) is 3.85. The quantitative estimate of drug-likeness (QED) is 0.866. The molecule has 0 aromatic heterocycles. The van der Waals surface area contributed by atoms with Gasteiger partial charge in [0.15, 0.2) is 0 Å². The van der Waals surface area contributed by atoms with Gasteiger partial charge < -0.3 is 0 Å². The van der Waals surface area contributed by atoms with Crippen LogP contribution >= 0.6 is 0 Å². The normalized spacial score (nSPS) is 10.9. The maximum absolute atomic E-state index is 11.9. The van der Waals surface area contributed by atoms with Crippen molar-refractivity contribution < 1.29 is 8.42 Å². The van der Waals surface area contributed by atoms with Crippen LogP contribution in [-0.4, -0.2) is 8.42 Å². The molecule has 0 aliphatic carbocycles. The molecule has 0 atom stereocenters. The van der Waals surface area contributed by atoms with Crippen molar-refractivity contribution in [1.29, 1.82) is 0 Å². The van der Waals surface area contributed by atoms with Crippen molar-refractivity contribution in [3.8, 4) is 0 Å². The van der Waals surface area contributed by atoms with Crippen LogP contribution in [0.3, 0.4) is 0 Å². The first-order chi connectivity index (χ1) is 9.47. The minimum absolute atomic E-state index is 0.176. The van der Waals surface area contributed by atoms with Crippen LogP contribution in [0.4, 0.5) is 5.69 Å². The smallest absolute Gasteiger partial charge is 0.198 e. The second kappa shape index (κ2) is 6.11. The number of benzene rings is 2. The molecule has 0 bridgehead atoms. The third-order valence-corrected chi connectivity index (χ3v) is 4.84. The third-order valence-electron chi connectivity index (χ3n) is 2.63. The molecule has 0 saturated heterocycles. The first kappa shape index (κ1) is 14.6. The first-order valence-corrected chi connectivity index (χ1v) is 8.12. The van der Waals surface area contributed by atoms with E-state index in [4.69, 9.17) is 0 Å². The standard InChI is InChI=1S/C14H14N2O2S2/c1-11-3-7-13(8-4-11)15-19-16-20(17,18)14-9-5-12(2)6-10-14/h3-10H,1-2H3. The number of aryl methyl sites for hydroxylation is 2. The molecule has 4 nitrogen and oxygen atoms in total. The molecule has 6 heteroatoms. The summed E-state index contributed by atoms with van der Waals surface area (Å²) in [6.07, 6.45) is 0. The summed E-state index contributed by atoms with van der Waals surface area (Å²) in [6.45, 7) is 3.87. The Morgan fingerprint density at radius 3 is 1.90 bits per heavy atom. The summed E-state index contributed by atoms with van der Waals surface area (Å²) >= 11 is 0.680. The highest BCUT2D eigenvalue weighted by atomic mass is 32.2. The molecule has 0 heterocycles. The largest absolute Gasteiger partial charge is 0.293 e. The van der Waals surface area contributed by atoms with Gasteiger partial charge in [0.25, 0.3) is 10.0 Å². The van der Waals surface area contributed by atoms with Gasteiger partial charge in [0.05, 0.1) is 21.9 Å². The Morgan fingerprint density at radius 2 is 1.35 bits per heavy atom. The van der Waals surface area contributed by atoms with Gasteiger partial charge in [0.2, 0.25) is 0 Å². The lowest BCUT2D eigenvalue weighted by atomic mass is 10.2. The monoisotopic (exact) mass is 306 g/mol. The van der Waals surface area contributed by atoms with Crippen molar-refractivity contribution in [2.75, 3.05) is 0 Å². The van der Waals surface area contributed by atoms with E-state index in [2.05, 4.69) is 8.13 Å². The molecule has 0 spiro atoms. The molecule has 0 radical (unpaired) electrons. The first-order valence-electron chi connectivity index (χ1n) is 5.95. The van der Waals surface area contributed by atoms with Gasteiger partial charge in [-0.3, -0.25) is 0 Å². The molecular formula is C14H14N2O2S2. The number of rotatable bonds is 3. The van der Waals surface area contributed by atoms with E-state index >= 15 is 0 Å². The van der Waals surface area contributed by atoms with Crippen LogP contribution in [0.1, 0.15) is 11.1 Å². The van der Waals surface area contributed by atoms with Gasteiger partial charge in [0.1, 0.15) is 0 Å². The minimum atomic E-state index is -3.66. The van der Waals surface area contributed by atoms with Gasteiger partial charge in [0, 0.05) is 0 Å². The van der Waals surface area contributed by atoms with Gasteiger partial charge in [-0.15, -0.1) is 0 Å². The van der Waals surface area contributed by atoms with E-state index in [1.165, 1.54) is 0 Å². The van der Waals surface area contributed by atoms with Crippen LogP contribution in [0.15, 0.2) is 61.6 Å². The van der Waals surface area contributed by atoms with Crippen molar-refractivity contribution in [2.45, 2.75) is 18.7 Å². The molecule has 0 fully saturated rings. The van der Waals surface area contributed by atoms with E-state index in [0.717, 1.165) is 11.1 Å². The van der Waals surface area contributed by atoms with E-state index in [1.54, 1.807) is 24.3 Å². The zero-order valence-electron chi connectivity index (χ0n) is 11.1. The second-order valence-electron chi connectivity index (χ2n) is 4.37. The molecule has 0 aliphatic heterocycles. The van der Waals surface area contributed by atoms with E-state index in [9.17, 15) is 8.42 Å². The average molecular weight is 306 g/mol. The Balaban J connectivity index is 2.25. The summed E-state index contributed by atoms with van der Waals surface area (Å²) in [4.78, 5) is 0.176. The molecule has 2 aromatic carbocycles. The lowest BCUT2D eigenvalue weighted by Gasteiger charge is -1.96. The number of hydrogen-bond donors (Lipinski definition) is 0. The van der Waals surface area contributed by atoms with E-state index in [1.807, 2.05) is 38.1 Å². The highest BCUT2D eigenvalue weighted by Crippen LogP contribution is 2.14. The highest BCUT2D eigenvalue weighted by molar-refractivity contribution is 7.93. The zero-order valence-corrected chi connectivity index (χ0v) is 12.8. The maximum Gasteiger partial charge on any atom is 0.293 e. The SMILES string of the molecule is Cc1ccc(N=S=NS(=O)(=O)c2ccc(C)cc2)cc1. The lowest BCUT2D eigenvalue weighted by molar-refractivity contribution is 0.598. The van der Waals surface area contributed by atoms with Gasteiger partial charge in [-0.05, 0) is 38.1 Å². The zero-order chi connectivity index (χ0) is 14.6. The fraction of sp³-hybridized carbons (Fsp3) is 0.143. The maximum atomic E-state index is 11.9. The fourth-order valence-electron chi connectivity index (χ4n) is 1.47. The number of nitrogens with zero attached hydrogens (tertiary/aromatic N) is 2. The summed E-state index contributed by atoms with van der Waals surface area (Å²) in [5.74, 6) is 0. The van der Waals surface area contributed by atoms with Crippen molar-refractivity contribution >= 4 is 27.1 Å². The Kier molecular flexibility index (Phi) is 4.46. The molecule has 0 unspecified atom stereocenters. The van der Waals surface area contributed by atoms with Gasteiger partial charge in [-0.1, -0.05) is 39.2 Å². The van der Waals surface area contributed by atoms with Crippen LogP contribution in [0.25, 0.3) is 0 Å². The molecular weight excluding hydrogens is 292 g/mol. The average Bonchev–Trinajstić information content (AvgIpc) is 2.41. The summed E-state index contributed by atoms with van der Waals surface area (Å²) in [7, 11) is -3.66. The van der Waals surface area contributed by atoms with Crippen molar-refractivity contribution in [3.05, 3.63) is 59.7 Å². The van der Waals surface area contributed by atoms with Crippen LogP contribution in [0.2, 0.25) is 0 Å². The predicted molar refractivity (Wildman–Crippen MR) is 81.4 cm³/mol. The van der Waals surface area contributed by atoms with E-state index in [-0.39, 0.29) is 4.90 Å². The topological polar surface area (TPSA) is 58.9 Å². The van der Waals surface area contributed by atoms with Crippen LogP contribution < -0.4 is 0 Å². The Morgan fingerprint density at radius 1 is 0.850 bits per heavy atom. The molecule has 0 amide bonds. The summed E-state index contributed by atoms with van der Waals surface area (Å²) in [6, 6.07) is 14.0. The number of hydrogen-bond acceptors (Lipinski definition) is 3. The minimum Gasteiger partial charge on any atom is -0.198 e. The Hall–Kier alpha value is -1.79. The van der Waals surface area contributed by atoms with E-state index < -0.39 is 10.0 Å². The van der Waals surface area contributed by atoms with Crippen molar-refractivity contribution in [2.24, 2.45) is 8.13 Å². The van der Waals surface area contributed by atoms with Crippen LogP contribution in [0, 0.1) is 13.8 Å². The summed E-state index contributed by atoms with van der Waals surface area (Å²) < 4.78 is 31.5. The molecule has 104 valence electrons. The highest BCUT2D eigenvalue weighted by Gasteiger charge is 2.10. The van der Waals surface area contributed by atoms with Crippen LogP contribution in [-0.2, 0) is 21.4 Å². The summed E-state index contributed by atoms with van der Waals surface area (Å²) in [5, 5.41) is 0. The molecule has 0 N–H and O–H groups in total. The molecule has 2 rings (SSSR count). The van der Waals surface area contributed by atoms with Gasteiger partial charge in [-0.2, -0.15) is 12.8 Å². The van der Waals surface area contributed by atoms with Crippen LogP contribution in [0.5, 0.6) is 0 Å².